The number of fused-ring (bicyclic) bond motifs is 2. The molecule has 2 heterocycles. The molecule has 1 N–H and O–H groups in total. The molecule has 0 radical (unpaired) electrons. The third-order valence-corrected chi connectivity index (χ3v) is 4.60. The Morgan fingerprint density at radius 3 is 2.86 bits per heavy atom. The van der Waals surface area contributed by atoms with Crippen LogP contribution in [0.2, 0.25) is 0 Å². The van der Waals surface area contributed by atoms with E-state index in [4.69, 9.17) is 4.74 Å². The SMILES string of the molecule is CNC(C(=O)O[C@@H]1CC2CCCN(C2)C1)c1ccccc1. The first-order valence-corrected chi connectivity index (χ1v) is 7.91. The second-order valence-corrected chi connectivity index (χ2v) is 6.19. The Labute approximate surface area is 126 Å². The van der Waals surface area contributed by atoms with E-state index in [1.54, 1.807) is 7.05 Å². The van der Waals surface area contributed by atoms with Crippen LogP contribution in [0.4, 0.5) is 0 Å². The molecule has 1 aromatic rings. The fourth-order valence-corrected chi connectivity index (χ4v) is 3.63. The van der Waals surface area contributed by atoms with Crippen molar-refractivity contribution in [1.82, 2.24) is 10.2 Å². The summed E-state index contributed by atoms with van der Waals surface area (Å²) in [5, 5.41) is 3.07. The highest BCUT2D eigenvalue weighted by Gasteiger charge is 2.33. The van der Waals surface area contributed by atoms with Crippen LogP contribution in [0, 0.1) is 5.92 Å². The molecule has 0 spiro atoms. The third-order valence-electron chi connectivity index (χ3n) is 4.60. The molecule has 0 amide bonds. The second-order valence-electron chi connectivity index (χ2n) is 6.19. The number of benzene rings is 1. The molecule has 21 heavy (non-hydrogen) atoms. The average Bonchev–Trinajstić information content (AvgIpc) is 2.48. The third kappa shape index (κ3) is 3.44. The van der Waals surface area contributed by atoms with E-state index in [1.807, 2.05) is 30.3 Å². The lowest BCUT2D eigenvalue weighted by Crippen LogP contribution is -2.48. The monoisotopic (exact) mass is 288 g/mol. The Balaban J connectivity index is 1.62. The molecule has 114 valence electrons. The zero-order valence-electron chi connectivity index (χ0n) is 12.6. The first-order valence-electron chi connectivity index (χ1n) is 7.91. The van der Waals surface area contributed by atoms with E-state index in [1.165, 1.54) is 19.4 Å². The molecule has 2 fully saturated rings. The topological polar surface area (TPSA) is 41.6 Å². The van der Waals surface area contributed by atoms with Crippen molar-refractivity contribution in [2.75, 3.05) is 26.7 Å². The fraction of sp³-hybridized carbons (Fsp3) is 0.588. The van der Waals surface area contributed by atoms with Gasteiger partial charge in [-0.15, -0.1) is 0 Å². The Bertz CT molecular complexity index is 465. The number of piperidine rings is 2. The number of hydrogen-bond acceptors (Lipinski definition) is 4. The number of esters is 1. The maximum absolute atomic E-state index is 12.5. The highest BCUT2D eigenvalue weighted by Crippen LogP contribution is 2.28. The molecule has 0 aromatic heterocycles. The first-order chi connectivity index (χ1) is 10.3. The number of rotatable bonds is 4. The summed E-state index contributed by atoms with van der Waals surface area (Å²) in [6.07, 6.45) is 3.64. The van der Waals surface area contributed by atoms with Crippen molar-refractivity contribution in [3.63, 3.8) is 0 Å². The molecule has 4 atom stereocenters. The van der Waals surface area contributed by atoms with Crippen LogP contribution in [0.25, 0.3) is 0 Å². The van der Waals surface area contributed by atoms with Gasteiger partial charge in [0.05, 0.1) is 0 Å². The van der Waals surface area contributed by atoms with Gasteiger partial charge in [-0.05, 0) is 44.3 Å². The van der Waals surface area contributed by atoms with Crippen LogP contribution in [0.3, 0.4) is 0 Å². The summed E-state index contributed by atoms with van der Waals surface area (Å²) in [6.45, 7) is 3.23. The van der Waals surface area contributed by atoms with Gasteiger partial charge in [0.15, 0.2) is 0 Å². The molecule has 2 bridgehead atoms. The summed E-state index contributed by atoms with van der Waals surface area (Å²) in [7, 11) is 1.80. The van der Waals surface area contributed by atoms with Crippen LogP contribution in [-0.4, -0.2) is 43.7 Å². The molecule has 2 saturated heterocycles. The van der Waals surface area contributed by atoms with Gasteiger partial charge in [0.2, 0.25) is 0 Å². The van der Waals surface area contributed by atoms with E-state index in [9.17, 15) is 4.79 Å². The normalized spacial score (nSPS) is 29.7. The van der Waals surface area contributed by atoms with Gasteiger partial charge in [0.25, 0.3) is 0 Å². The summed E-state index contributed by atoms with van der Waals surface area (Å²) in [4.78, 5) is 14.9. The number of nitrogens with one attached hydrogen (secondary N) is 1. The van der Waals surface area contributed by atoms with Crippen molar-refractivity contribution in [2.45, 2.75) is 31.4 Å². The lowest BCUT2D eigenvalue weighted by atomic mass is 9.88. The highest BCUT2D eigenvalue weighted by molar-refractivity contribution is 5.77. The summed E-state index contributed by atoms with van der Waals surface area (Å²) >= 11 is 0. The second kappa shape index (κ2) is 6.58. The maximum atomic E-state index is 12.5. The van der Waals surface area contributed by atoms with Gasteiger partial charge in [-0.3, -0.25) is 4.90 Å². The smallest absolute Gasteiger partial charge is 0.328 e. The van der Waals surface area contributed by atoms with Crippen molar-refractivity contribution in [3.8, 4) is 0 Å². The van der Waals surface area contributed by atoms with Crippen LogP contribution in [-0.2, 0) is 9.53 Å². The minimum absolute atomic E-state index is 0.0520. The largest absolute Gasteiger partial charge is 0.460 e. The van der Waals surface area contributed by atoms with Crippen molar-refractivity contribution in [1.29, 1.82) is 0 Å². The van der Waals surface area contributed by atoms with Gasteiger partial charge >= 0.3 is 5.97 Å². The van der Waals surface area contributed by atoms with E-state index in [0.29, 0.717) is 5.92 Å². The number of likely N-dealkylation sites (N-methyl/N-ethyl adjacent to an activating group) is 1. The minimum atomic E-state index is -0.372. The quantitative estimate of drug-likeness (QED) is 0.860. The lowest BCUT2D eigenvalue weighted by molar-refractivity contribution is -0.156. The summed E-state index contributed by atoms with van der Waals surface area (Å²) in [5.74, 6) is 0.546. The summed E-state index contributed by atoms with van der Waals surface area (Å²) in [6, 6.07) is 9.40. The molecular weight excluding hydrogens is 264 g/mol. The molecule has 3 unspecified atom stereocenters. The van der Waals surface area contributed by atoms with Crippen LogP contribution in [0.5, 0.6) is 0 Å². The summed E-state index contributed by atoms with van der Waals surface area (Å²) < 4.78 is 5.79. The molecule has 4 heteroatoms. The van der Waals surface area contributed by atoms with Crippen molar-refractivity contribution >= 4 is 5.97 Å². The van der Waals surface area contributed by atoms with Crippen molar-refractivity contribution in [2.24, 2.45) is 5.92 Å². The van der Waals surface area contributed by atoms with Gasteiger partial charge in [-0.1, -0.05) is 30.3 Å². The Morgan fingerprint density at radius 1 is 1.33 bits per heavy atom. The zero-order valence-corrected chi connectivity index (χ0v) is 12.6. The molecular formula is C17H24N2O2. The lowest BCUT2D eigenvalue weighted by Gasteiger charge is -2.41. The molecule has 1 aromatic carbocycles. The minimum Gasteiger partial charge on any atom is -0.460 e. The standard InChI is InChI=1S/C17H24N2O2/c1-18-16(14-7-3-2-4-8-14)17(20)21-15-10-13-6-5-9-19(11-13)12-15/h2-4,7-8,13,15-16,18H,5-6,9-12H2,1H3/t13?,15-,16?/m1/s1. The molecule has 2 aliphatic heterocycles. The van der Waals surface area contributed by atoms with Crippen LogP contribution in [0.1, 0.15) is 30.9 Å². The van der Waals surface area contributed by atoms with E-state index >= 15 is 0 Å². The predicted octanol–water partition coefficient (Wildman–Crippen LogP) is 1.97. The van der Waals surface area contributed by atoms with Gasteiger partial charge in [-0.2, -0.15) is 0 Å². The first kappa shape index (κ1) is 14.5. The zero-order chi connectivity index (χ0) is 14.7. The van der Waals surface area contributed by atoms with Gasteiger partial charge in [0, 0.05) is 13.1 Å². The number of ether oxygens (including phenoxy) is 1. The van der Waals surface area contributed by atoms with E-state index in [2.05, 4.69) is 10.2 Å². The predicted molar refractivity (Wildman–Crippen MR) is 81.9 cm³/mol. The Kier molecular flexibility index (Phi) is 4.56. The van der Waals surface area contributed by atoms with Crippen LogP contribution >= 0.6 is 0 Å². The molecule has 4 nitrogen and oxygen atoms in total. The molecule has 3 rings (SSSR count). The summed E-state index contributed by atoms with van der Waals surface area (Å²) in [5.41, 5.74) is 0.960. The van der Waals surface area contributed by atoms with Crippen molar-refractivity contribution in [3.05, 3.63) is 35.9 Å². The van der Waals surface area contributed by atoms with E-state index < -0.39 is 0 Å². The molecule has 0 saturated carbocycles. The number of carbonyl (C=O) groups excluding carboxylic acids is 1. The number of nitrogens with zero attached hydrogens (tertiary/aromatic N) is 1. The Morgan fingerprint density at radius 2 is 2.14 bits per heavy atom. The average molecular weight is 288 g/mol. The number of carbonyl (C=O) groups is 1. The van der Waals surface area contributed by atoms with Gasteiger partial charge in [0.1, 0.15) is 12.1 Å². The van der Waals surface area contributed by atoms with Crippen LogP contribution in [0.15, 0.2) is 30.3 Å². The number of hydrogen-bond donors (Lipinski definition) is 1. The van der Waals surface area contributed by atoms with Crippen LogP contribution < -0.4 is 5.32 Å². The van der Waals surface area contributed by atoms with Crippen molar-refractivity contribution < 1.29 is 9.53 Å². The van der Waals surface area contributed by atoms with E-state index in [0.717, 1.165) is 25.1 Å². The fourth-order valence-electron chi connectivity index (χ4n) is 3.63. The Hall–Kier alpha value is -1.39. The maximum Gasteiger partial charge on any atom is 0.328 e. The van der Waals surface area contributed by atoms with Gasteiger partial charge < -0.3 is 10.1 Å². The highest BCUT2D eigenvalue weighted by atomic mass is 16.5. The molecule has 0 aliphatic carbocycles. The van der Waals surface area contributed by atoms with Gasteiger partial charge in [-0.25, -0.2) is 4.79 Å². The molecule has 2 aliphatic rings. The van der Waals surface area contributed by atoms with E-state index in [-0.39, 0.29) is 18.1 Å².